The maximum Gasteiger partial charge on any atom is 0.416 e. The highest BCUT2D eigenvalue weighted by atomic mass is 19.4. The molecule has 0 saturated carbocycles. The van der Waals surface area contributed by atoms with E-state index in [-0.39, 0.29) is 31.3 Å². The minimum atomic E-state index is -4.43. The fourth-order valence-corrected chi connectivity index (χ4v) is 2.73. The van der Waals surface area contributed by atoms with Gasteiger partial charge >= 0.3 is 6.18 Å². The van der Waals surface area contributed by atoms with Crippen LogP contribution in [0.25, 0.3) is 0 Å². The Morgan fingerprint density at radius 3 is 2.84 bits per heavy atom. The highest BCUT2D eigenvalue weighted by Crippen LogP contribution is 2.30. The summed E-state index contributed by atoms with van der Waals surface area (Å²) in [5, 5.41) is 8.91. The normalized spacial score (nSPS) is 17.8. The molecule has 1 aromatic heterocycles. The molecule has 3 rings (SSSR count). The molecule has 25 heavy (non-hydrogen) atoms. The Kier molecular flexibility index (Phi) is 4.47. The number of carbonyl (C=O) groups excluding carboxylic acids is 2. The first kappa shape index (κ1) is 17.0. The van der Waals surface area contributed by atoms with E-state index < -0.39 is 17.7 Å². The number of H-pyrrole nitrogens is 1. The first-order valence-electron chi connectivity index (χ1n) is 7.57. The molecule has 1 aliphatic rings. The number of nitrogens with zero attached hydrogens (tertiary/aromatic N) is 2. The van der Waals surface area contributed by atoms with Gasteiger partial charge in [0.25, 0.3) is 0 Å². The maximum absolute atomic E-state index is 12.8. The van der Waals surface area contributed by atoms with Crippen molar-refractivity contribution < 1.29 is 22.8 Å². The van der Waals surface area contributed by atoms with E-state index in [1.165, 1.54) is 23.2 Å². The van der Waals surface area contributed by atoms with Crippen LogP contribution in [0.15, 0.2) is 36.5 Å². The molecule has 1 saturated heterocycles. The Labute approximate surface area is 141 Å². The lowest BCUT2D eigenvalue weighted by atomic mass is 10.1. The Hall–Kier alpha value is -2.84. The first-order chi connectivity index (χ1) is 11.8. The van der Waals surface area contributed by atoms with Gasteiger partial charge in [0.2, 0.25) is 11.8 Å². The lowest BCUT2D eigenvalue weighted by molar-refractivity contribution is -0.137. The van der Waals surface area contributed by atoms with Crippen molar-refractivity contribution in [3.63, 3.8) is 0 Å². The summed E-state index contributed by atoms with van der Waals surface area (Å²) >= 11 is 0. The third-order valence-electron chi connectivity index (χ3n) is 3.97. The molecule has 2 aromatic rings. The molecule has 1 aromatic carbocycles. The average Bonchev–Trinajstić information content (AvgIpc) is 3.17. The van der Waals surface area contributed by atoms with Crippen LogP contribution in [0.2, 0.25) is 0 Å². The van der Waals surface area contributed by atoms with Crippen LogP contribution in [0, 0.1) is 5.92 Å². The number of carbonyl (C=O) groups is 2. The summed E-state index contributed by atoms with van der Waals surface area (Å²) in [4.78, 5) is 25.6. The van der Waals surface area contributed by atoms with Crippen molar-refractivity contribution in [3.05, 3.63) is 47.7 Å². The van der Waals surface area contributed by atoms with E-state index >= 15 is 0 Å². The van der Waals surface area contributed by atoms with E-state index in [4.69, 9.17) is 0 Å². The molecule has 0 bridgehead atoms. The predicted octanol–water partition coefficient (Wildman–Crippen LogP) is 2.42. The fourth-order valence-electron chi connectivity index (χ4n) is 2.73. The Balaban J connectivity index is 1.64. The van der Waals surface area contributed by atoms with Crippen LogP contribution in [0.5, 0.6) is 0 Å². The fraction of sp³-hybridized carbons (Fsp3) is 0.312. The zero-order valence-electron chi connectivity index (χ0n) is 13.0. The van der Waals surface area contributed by atoms with Crippen molar-refractivity contribution in [2.75, 3.05) is 11.9 Å². The van der Waals surface area contributed by atoms with E-state index in [0.717, 1.165) is 12.1 Å². The van der Waals surface area contributed by atoms with Gasteiger partial charge in [-0.3, -0.25) is 14.7 Å². The van der Waals surface area contributed by atoms with Crippen molar-refractivity contribution in [1.82, 2.24) is 15.1 Å². The van der Waals surface area contributed by atoms with Crippen LogP contribution in [0.3, 0.4) is 0 Å². The summed E-state index contributed by atoms with van der Waals surface area (Å²) < 4.78 is 38.3. The summed E-state index contributed by atoms with van der Waals surface area (Å²) in [7, 11) is 0. The summed E-state index contributed by atoms with van der Waals surface area (Å²) in [6.07, 6.45) is -2.92. The van der Waals surface area contributed by atoms with Gasteiger partial charge in [-0.25, -0.2) is 0 Å². The molecule has 0 aliphatic carbocycles. The Morgan fingerprint density at radius 1 is 1.36 bits per heavy atom. The second kappa shape index (κ2) is 6.58. The van der Waals surface area contributed by atoms with Gasteiger partial charge in [0.05, 0.1) is 17.7 Å². The van der Waals surface area contributed by atoms with Crippen molar-refractivity contribution >= 4 is 17.6 Å². The molecule has 6 nitrogen and oxygen atoms in total. The molecule has 1 atom stereocenters. The molecule has 1 fully saturated rings. The molecule has 0 radical (unpaired) electrons. The van der Waals surface area contributed by atoms with Crippen molar-refractivity contribution in [2.24, 2.45) is 5.92 Å². The van der Waals surface area contributed by atoms with Crippen molar-refractivity contribution in [3.8, 4) is 0 Å². The largest absolute Gasteiger partial charge is 0.416 e. The monoisotopic (exact) mass is 352 g/mol. The molecular weight excluding hydrogens is 337 g/mol. The maximum atomic E-state index is 12.8. The van der Waals surface area contributed by atoms with Gasteiger partial charge in [-0.2, -0.15) is 18.3 Å². The van der Waals surface area contributed by atoms with Gasteiger partial charge in [0.1, 0.15) is 5.82 Å². The molecule has 132 valence electrons. The third kappa shape index (κ3) is 3.98. The zero-order valence-corrected chi connectivity index (χ0v) is 13.0. The number of nitrogens with one attached hydrogen (secondary N) is 2. The van der Waals surface area contributed by atoms with E-state index in [0.29, 0.717) is 11.4 Å². The quantitative estimate of drug-likeness (QED) is 0.887. The second-order valence-electron chi connectivity index (χ2n) is 5.83. The standard InChI is InChI=1S/C16H15F3N4O2/c17-16(18,19)12-3-1-2-10(6-12)8-23-9-11(7-14(23)24)15(25)21-13-4-5-20-22-13/h1-6,11H,7-9H2,(H2,20,21,22,25). The Bertz CT molecular complexity index is 774. The lowest BCUT2D eigenvalue weighted by Gasteiger charge is -2.17. The number of aromatic nitrogens is 2. The minimum absolute atomic E-state index is 0.0267. The number of amides is 2. The molecule has 0 spiro atoms. The van der Waals surface area contributed by atoms with E-state index in [2.05, 4.69) is 15.5 Å². The molecule has 2 N–H and O–H groups in total. The predicted molar refractivity (Wildman–Crippen MR) is 82.2 cm³/mol. The minimum Gasteiger partial charge on any atom is -0.338 e. The SMILES string of the molecule is O=C(Nc1ccn[nH]1)C1CC(=O)N(Cc2cccc(C(F)(F)F)c2)C1. The molecular formula is C16H15F3N4O2. The van der Waals surface area contributed by atoms with Gasteiger partial charge in [-0.1, -0.05) is 12.1 Å². The number of likely N-dealkylation sites (tertiary alicyclic amines) is 1. The van der Waals surface area contributed by atoms with Crippen molar-refractivity contribution in [1.29, 1.82) is 0 Å². The first-order valence-corrected chi connectivity index (χ1v) is 7.57. The highest BCUT2D eigenvalue weighted by molar-refractivity contribution is 5.96. The van der Waals surface area contributed by atoms with Crippen LogP contribution in [0.1, 0.15) is 17.5 Å². The van der Waals surface area contributed by atoms with Gasteiger partial charge in [-0.05, 0) is 17.7 Å². The topological polar surface area (TPSA) is 78.1 Å². The van der Waals surface area contributed by atoms with Crippen LogP contribution in [-0.4, -0.2) is 33.5 Å². The highest BCUT2D eigenvalue weighted by Gasteiger charge is 2.35. The summed E-state index contributed by atoms with van der Waals surface area (Å²) in [6.45, 7) is 0.200. The number of hydrogen-bond acceptors (Lipinski definition) is 3. The van der Waals surface area contributed by atoms with Crippen LogP contribution in [-0.2, 0) is 22.3 Å². The number of halogens is 3. The molecule has 9 heteroatoms. The molecule has 2 heterocycles. The van der Waals surface area contributed by atoms with Crippen LogP contribution in [0.4, 0.5) is 19.0 Å². The van der Waals surface area contributed by atoms with E-state index in [1.807, 2.05) is 0 Å². The Morgan fingerprint density at radius 2 is 2.16 bits per heavy atom. The summed E-state index contributed by atoms with van der Waals surface area (Å²) in [5.74, 6) is -0.721. The van der Waals surface area contributed by atoms with Gasteiger partial charge in [0, 0.05) is 25.6 Å². The molecule has 1 unspecified atom stereocenters. The molecule has 1 aliphatic heterocycles. The second-order valence-corrected chi connectivity index (χ2v) is 5.83. The number of anilines is 1. The number of alkyl halides is 3. The van der Waals surface area contributed by atoms with Gasteiger partial charge < -0.3 is 10.2 Å². The zero-order chi connectivity index (χ0) is 18.0. The van der Waals surface area contributed by atoms with Gasteiger partial charge in [0.15, 0.2) is 0 Å². The van der Waals surface area contributed by atoms with Gasteiger partial charge in [-0.15, -0.1) is 0 Å². The average molecular weight is 352 g/mol. The lowest BCUT2D eigenvalue weighted by Crippen LogP contribution is -2.28. The molecule has 2 amide bonds. The van der Waals surface area contributed by atoms with E-state index in [9.17, 15) is 22.8 Å². The summed E-state index contributed by atoms with van der Waals surface area (Å²) in [5.41, 5.74) is -0.386. The summed E-state index contributed by atoms with van der Waals surface area (Å²) in [6, 6.07) is 6.41. The smallest absolute Gasteiger partial charge is 0.338 e. The number of aromatic amines is 1. The van der Waals surface area contributed by atoms with E-state index in [1.54, 1.807) is 6.07 Å². The number of rotatable bonds is 4. The van der Waals surface area contributed by atoms with Crippen molar-refractivity contribution in [2.45, 2.75) is 19.1 Å². The number of benzene rings is 1. The third-order valence-corrected chi connectivity index (χ3v) is 3.97. The van der Waals surface area contributed by atoms with Crippen LogP contribution < -0.4 is 5.32 Å². The van der Waals surface area contributed by atoms with Crippen LogP contribution >= 0.6 is 0 Å². The number of hydrogen-bond donors (Lipinski definition) is 2.